The monoisotopic (exact) mass is 230 g/mol. The molecule has 0 bridgehead atoms. The third-order valence-corrected chi connectivity index (χ3v) is 2.54. The van der Waals surface area contributed by atoms with Crippen LogP contribution in [-0.4, -0.2) is 9.55 Å². The van der Waals surface area contributed by atoms with E-state index in [4.69, 9.17) is 5.84 Å². The van der Waals surface area contributed by atoms with Crippen LogP contribution < -0.4 is 16.8 Å². The largest absolute Gasteiger partial charge is 0.311 e. The number of aromatic nitrogens is 2. The summed E-state index contributed by atoms with van der Waals surface area (Å²) >= 11 is 0. The molecule has 3 N–H and O–H groups in total. The minimum atomic E-state index is 0.0218. The minimum Gasteiger partial charge on any atom is -0.311 e. The van der Waals surface area contributed by atoms with Gasteiger partial charge in [0.1, 0.15) is 5.82 Å². The number of nitrogens with two attached hydrogens (primary N) is 1. The van der Waals surface area contributed by atoms with Crippen molar-refractivity contribution < 1.29 is 0 Å². The summed E-state index contributed by atoms with van der Waals surface area (Å²) in [5.74, 6) is 5.83. The van der Waals surface area contributed by atoms with Crippen LogP contribution in [0.2, 0.25) is 0 Å². The summed E-state index contributed by atoms with van der Waals surface area (Å²) in [4.78, 5) is 15.9. The first-order chi connectivity index (χ1) is 8.20. The van der Waals surface area contributed by atoms with E-state index < -0.39 is 0 Å². The van der Waals surface area contributed by atoms with Crippen molar-refractivity contribution in [1.29, 1.82) is 0 Å². The second kappa shape index (κ2) is 4.80. The predicted molar refractivity (Wildman–Crippen MR) is 66.6 cm³/mol. The number of hydrogen-bond donors (Lipinski definition) is 2. The lowest BCUT2D eigenvalue weighted by atomic mass is 10.2. The summed E-state index contributed by atoms with van der Waals surface area (Å²) in [6.45, 7) is 2.32. The van der Waals surface area contributed by atoms with E-state index in [0.717, 1.165) is 11.1 Å². The number of nitrogens with one attached hydrogen (secondary N) is 1. The molecule has 0 spiro atoms. The predicted octanol–water partition coefficient (Wildman–Crippen LogP) is 0.886. The first kappa shape index (κ1) is 11.3. The highest BCUT2D eigenvalue weighted by Gasteiger charge is 2.00. The number of hydrogen-bond acceptors (Lipinski definition) is 4. The molecule has 2 aromatic rings. The molecule has 0 saturated heterocycles. The van der Waals surface area contributed by atoms with Crippen LogP contribution in [0.5, 0.6) is 0 Å². The highest BCUT2D eigenvalue weighted by atomic mass is 16.1. The lowest BCUT2D eigenvalue weighted by Crippen LogP contribution is -2.21. The number of pyridine rings is 2. The molecule has 88 valence electrons. The molecule has 2 heterocycles. The van der Waals surface area contributed by atoms with Crippen molar-refractivity contribution in [1.82, 2.24) is 9.55 Å². The van der Waals surface area contributed by atoms with E-state index in [0.29, 0.717) is 12.4 Å². The first-order valence-corrected chi connectivity index (χ1v) is 5.28. The van der Waals surface area contributed by atoms with E-state index >= 15 is 0 Å². The Morgan fingerprint density at radius 3 is 2.88 bits per heavy atom. The maximum atomic E-state index is 11.8. The molecule has 0 amide bonds. The van der Waals surface area contributed by atoms with Crippen molar-refractivity contribution in [3.63, 3.8) is 0 Å². The Kier molecular flexibility index (Phi) is 3.20. The topological polar surface area (TPSA) is 72.9 Å². The fourth-order valence-electron chi connectivity index (χ4n) is 1.58. The van der Waals surface area contributed by atoms with E-state index in [1.165, 1.54) is 0 Å². The molecule has 0 fully saturated rings. The van der Waals surface area contributed by atoms with Gasteiger partial charge in [-0.15, -0.1) is 0 Å². The van der Waals surface area contributed by atoms with Gasteiger partial charge < -0.3 is 9.99 Å². The van der Waals surface area contributed by atoms with Gasteiger partial charge >= 0.3 is 0 Å². The summed E-state index contributed by atoms with van der Waals surface area (Å²) < 4.78 is 1.65. The molecule has 0 aliphatic carbocycles. The number of hydrazine groups is 1. The second-order valence-corrected chi connectivity index (χ2v) is 3.82. The fraction of sp³-hybridized carbons (Fsp3) is 0.167. The van der Waals surface area contributed by atoms with Gasteiger partial charge in [0.15, 0.2) is 0 Å². The van der Waals surface area contributed by atoms with Gasteiger partial charge in [0.05, 0.1) is 6.54 Å². The van der Waals surface area contributed by atoms with Gasteiger partial charge in [0, 0.05) is 18.0 Å². The highest BCUT2D eigenvalue weighted by Crippen LogP contribution is 2.04. The van der Waals surface area contributed by atoms with Gasteiger partial charge in [-0.3, -0.25) is 4.79 Å². The van der Waals surface area contributed by atoms with Crippen LogP contribution in [0.15, 0.2) is 41.5 Å². The molecule has 5 nitrogen and oxygen atoms in total. The zero-order valence-electron chi connectivity index (χ0n) is 9.55. The summed E-state index contributed by atoms with van der Waals surface area (Å²) in [5, 5.41) is 0. The van der Waals surface area contributed by atoms with E-state index in [2.05, 4.69) is 10.4 Å². The quantitative estimate of drug-likeness (QED) is 0.606. The maximum absolute atomic E-state index is 11.8. The molecule has 17 heavy (non-hydrogen) atoms. The number of rotatable bonds is 3. The molecular formula is C12H14N4O. The molecule has 0 unspecified atom stereocenters. The third kappa shape index (κ3) is 2.51. The molecule has 2 aromatic heterocycles. The molecule has 0 aromatic carbocycles. The Labute approximate surface area is 98.9 Å². The summed E-state index contributed by atoms with van der Waals surface area (Å²) in [5.41, 5.74) is 4.17. The summed E-state index contributed by atoms with van der Waals surface area (Å²) in [7, 11) is 0. The zero-order chi connectivity index (χ0) is 12.3. The van der Waals surface area contributed by atoms with Gasteiger partial charge in [0.2, 0.25) is 0 Å². The maximum Gasteiger partial charge on any atom is 0.253 e. The molecule has 5 heteroatoms. The minimum absolute atomic E-state index is 0.0218. The number of anilines is 1. The summed E-state index contributed by atoms with van der Waals surface area (Å²) in [6, 6.07) is 7.33. The van der Waals surface area contributed by atoms with Crippen molar-refractivity contribution in [2.24, 2.45) is 5.84 Å². The molecule has 0 atom stereocenters. The third-order valence-electron chi connectivity index (χ3n) is 2.54. The first-order valence-electron chi connectivity index (χ1n) is 5.28. The van der Waals surface area contributed by atoms with Crippen LogP contribution in [-0.2, 0) is 6.54 Å². The van der Waals surface area contributed by atoms with Crippen LogP contribution in [0.4, 0.5) is 5.82 Å². The van der Waals surface area contributed by atoms with Gasteiger partial charge in [-0.2, -0.15) is 0 Å². The van der Waals surface area contributed by atoms with Crippen LogP contribution in [0, 0.1) is 6.92 Å². The van der Waals surface area contributed by atoms with Crippen LogP contribution in [0.1, 0.15) is 11.1 Å². The second-order valence-electron chi connectivity index (χ2n) is 3.82. The van der Waals surface area contributed by atoms with Crippen molar-refractivity contribution in [2.75, 3.05) is 5.43 Å². The molecule has 0 saturated carbocycles. The molecule has 0 radical (unpaired) electrons. The van der Waals surface area contributed by atoms with Crippen molar-refractivity contribution in [3.05, 3.63) is 58.1 Å². The van der Waals surface area contributed by atoms with E-state index in [9.17, 15) is 4.79 Å². The van der Waals surface area contributed by atoms with Gasteiger partial charge in [-0.25, -0.2) is 10.8 Å². The summed E-state index contributed by atoms with van der Waals surface area (Å²) in [6.07, 6.45) is 3.47. The Bertz CT molecular complexity index is 559. The molecule has 0 aliphatic rings. The van der Waals surface area contributed by atoms with Gasteiger partial charge in [0.25, 0.3) is 5.56 Å². The van der Waals surface area contributed by atoms with E-state index in [1.807, 2.05) is 12.1 Å². The lowest BCUT2D eigenvalue weighted by Gasteiger charge is -2.06. The van der Waals surface area contributed by atoms with Gasteiger partial charge in [-0.1, -0.05) is 12.1 Å². The molecule has 0 aliphatic heterocycles. The average Bonchev–Trinajstić information content (AvgIpc) is 2.36. The standard InChI is InChI=1S/C12H14N4O/c1-9-3-2-6-16(12(9)17)8-10-4-5-11(15-13)14-7-10/h2-7H,8,13H2,1H3,(H,14,15). The van der Waals surface area contributed by atoms with E-state index in [1.54, 1.807) is 36.0 Å². The average molecular weight is 230 g/mol. The normalized spacial score (nSPS) is 10.2. The van der Waals surface area contributed by atoms with Crippen LogP contribution >= 0.6 is 0 Å². The smallest absolute Gasteiger partial charge is 0.253 e. The molecule has 2 rings (SSSR count). The Morgan fingerprint density at radius 1 is 1.41 bits per heavy atom. The van der Waals surface area contributed by atoms with Crippen LogP contribution in [0.3, 0.4) is 0 Å². The number of nitrogens with zero attached hydrogens (tertiary/aromatic N) is 2. The Balaban J connectivity index is 2.25. The zero-order valence-corrected chi connectivity index (χ0v) is 9.55. The Hall–Kier alpha value is -2.14. The van der Waals surface area contributed by atoms with E-state index in [-0.39, 0.29) is 5.56 Å². The SMILES string of the molecule is Cc1cccn(Cc2ccc(NN)nc2)c1=O. The number of aryl methyl sites for hydroxylation is 1. The Morgan fingerprint density at radius 2 is 2.24 bits per heavy atom. The fourth-order valence-corrected chi connectivity index (χ4v) is 1.58. The van der Waals surface area contributed by atoms with Crippen molar-refractivity contribution in [2.45, 2.75) is 13.5 Å². The van der Waals surface area contributed by atoms with Crippen LogP contribution in [0.25, 0.3) is 0 Å². The highest BCUT2D eigenvalue weighted by molar-refractivity contribution is 5.33. The van der Waals surface area contributed by atoms with Crippen molar-refractivity contribution in [3.8, 4) is 0 Å². The molecular weight excluding hydrogens is 216 g/mol. The number of nitrogen functional groups attached to an aromatic ring is 1. The lowest BCUT2D eigenvalue weighted by molar-refractivity contribution is 0.749. The van der Waals surface area contributed by atoms with Gasteiger partial charge in [-0.05, 0) is 24.6 Å². The van der Waals surface area contributed by atoms with Crippen molar-refractivity contribution >= 4 is 5.82 Å².